The summed E-state index contributed by atoms with van der Waals surface area (Å²) >= 11 is 0. The van der Waals surface area contributed by atoms with Gasteiger partial charge in [-0.1, -0.05) is 18.1 Å². The lowest BCUT2D eigenvalue weighted by Crippen LogP contribution is -2.21. The van der Waals surface area contributed by atoms with E-state index in [4.69, 9.17) is 0 Å². The smallest absolute Gasteiger partial charge is 0.209 e. The van der Waals surface area contributed by atoms with E-state index >= 15 is 0 Å². The highest BCUT2D eigenvalue weighted by Gasteiger charge is 2.28. The first-order valence-corrected chi connectivity index (χ1v) is 9.60. The largest absolute Gasteiger partial charge is 0.395 e. The van der Waals surface area contributed by atoms with Crippen LogP contribution in [-0.4, -0.2) is 48.5 Å². The van der Waals surface area contributed by atoms with Crippen molar-refractivity contribution in [2.75, 3.05) is 18.5 Å². The molecule has 1 aliphatic rings. The number of nitrogens with zero attached hydrogens (tertiary/aromatic N) is 4. The summed E-state index contributed by atoms with van der Waals surface area (Å²) < 4.78 is 15.4. The van der Waals surface area contributed by atoms with E-state index < -0.39 is 5.60 Å². The van der Waals surface area contributed by atoms with Gasteiger partial charge in [-0.05, 0) is 43.7 Å². The van der Waals surface area contributed by atoms with E-state index in [1.165, 1.54) is 12.1 Å². The van der Waals surface area contributed by atoms with Gasteiger partial charge in [0.05, 0.1) is 6.61 Å². The number of aryl methyl sites for hydroxylation is 1. The van der Waals surface area contributed by atoms with Crippen molar-refractivity contribution >= 4 is 29.4 Å². The first-order valence-electron chi connectivity index (χ1n) is 9.60. The van der Waals surface area contributed by atoms with E-state index in [-0.39, 0.29) is 37.2 Å². The average molecular weight is 432 g/mol. The zero-order valence-corrected chi connectivity index (χ0v) is 17.3. The fourth-order valence-corrected chi connectivity index (χ4v) is 3.56. The summed E-state index contributed by atoms with van der Waals surface area (Å²) in [6, 6.07) is 6.18. The Morgan fingerprint density at radius 3 is 2.70 bits per heavy atom. The van der Waals surface area contributed by atoms with Gasteiger partial charge < -0.3 is 20.1 Å². The summed E-state index contributed by atoms with van der Waals surface area (Å²) in [4.78, 5) is 13.5. The molecular formula is C21H23ClFN5O2. The number of aliphatic hydroxyl groups excluding tert-OH is 1. The predicted octanol–water partition coefficient (Wildman–Crippen LogP) is 2.65. The molecule has 0 amide bonds. The molecule has 0 radical (unpaired) electrons. The molecule has 0 unspecified atom stereocenters. The molecule has 4 rings (SSSR count). The first-order chi connectivity index (χ1) is 14.0. The van der Waals surface area contributed by atoms with Crippen LogP contribution in [0.25, 0.3) is 22.6 Å². The van der Waals surface area contributed by atoms with Crippen LogP contribution >= 0.6 is 12.4 Å². The van der Waals surface area contributed by atoms with Gasteiger partial charge in [-0.25, -0.2) is 19.3 Å². The molecule has 2 heterocycles. The quantitative estimate of drug-likeness (QED) is 0.549. The van der Waals surface area contributed by atoms with E-state index in [1.54, 1.807) is 23.7 Å². The Balaban J connectivity index is 0.00000256. The third-order valence-corrected chi connectivity index (χ3v) is 5.04. The lowest BCUT2D eigenvalue weighted by Gasteiger charge is -2.12. The van der Waals surface area contributed by atoms with Crippen LogP contribution in [0.15, 0.2) is 24.3 Å². The lowest BCUT2D eigenvalue weighted by atomic mass is 10.0. The molecule has 1 aliphatic carbocycles. The van der Waals surface area contributed by atoms with Crippen LogP contribution in [0.4, 0.5) is 10.2 Å². The molecule has 1 saturated carbocycles. The molecule has 1 fully saturated rings. The fraction of sp³-hybridized carbons (Fsp3) is 0.381. The van der Waals surface area contributed by atoms with Crippen LogP contribution in [0.3, 0.4) is 0 Å². The minimum atomic E-state index is -0.990. The minimum Gasteiger partial charge on any atom is -0.395 e. The minimum absolute atomic E-state index is 0. The van der Waals surface area contributed by atoms with Gasteiger partial charge in [0.1, 0.15) is 17.2 Å². The third kappa shape index (κ3) is 4.38. The Kier molecular flexibility index (Phi) is 6.56. The SMILES string of the molecule is Cl.Cn1c(-c2cccc(F)c2)nc2c(NCCO)nc(C#CC3(O)CCCC3)nc21. The Hall–Kier alpha value is -2.73. The van der Waals surface area contributed by atoms with E-state index in [2.05, 4.69) is 32.1 Å². The van der Waals surface area contributed by atoms with E-state index in [9.17, 15) is 14.6 Å². The van der Waals surface area contributed by atoms with Gasteiger partial charge in [0.2, 0.25) is 5.82 Å². The van der Waals surface area contributed by atoms with Crippen molar-refractivity contribution in [2.24, 2.45) is 7.05 Å². The number of rotatable bonds is 4. The van der Waals surface area contributed by atoms with E-state index in [0.717, 1.165) is 12.8 Å². The van der Waals surface area contributed by atoms with E-state index in [1.807, 2.05) is 0 Å². The maximum absolute atomic E-state index is 13.7. The second kappa shape index (κ2) is 8.96. The topological polar surface area (TPSA) is 96.1 Å². The monoisotopic (exact) mass is 431 g/mol. The van der Waals surface area contributed by atoms with Crippen molar-refractivity contribution in [3.8, 4) is 23.2 Å². The van der Waals surface area contributed by atoms with Crippen molar-refractivity contribution in [3.63, 3.8) is 0 Å². The Labute approximate surface area is 179 Å². The number of fused-ring (bicyclic) bond motifs is 1. The van der Waals surface area contributed by atoms with Gasteiger partial charge in [-0.3, -0.25) is 0 Å². The summed E-state index contributed by atoms with van der Waals surface area (Å²) in [5, 5.41) is 22.7. The molecule has 9 heteroatoms. The van der Waals surface area contributed by atoms with Gasteiger partial charge in [0, 0.05) is 19.2 Å². The number of hydrogen-bond acceptors (Lipinski definition) is 6. The Bertz CT molecular complexity index is 1120. The standard InChI is InChI=1S/C21H22FN5O2.ClH/c1-27-19(14-5-4-6-15(22)13-14)26-17-18(23-11-12-28)24-16(25-20(17)27)7-10-21(29)8-2-3-9-21;/h4-6,13,28-29H,2-3,8-9,11-12H2,1H3,(H,23,24,25);1H. The molecule has 2 aromatic heterocycles. The molecule has 158 valence electrons. The number of halogens is 2. The highest BCUT2D eigenvalue weighted by atomic mass is 35.5. The second-order valence-electron chi connectivity index (χ2n) is 7.21. The maximum atomic E-state index is 13.7. The molecule has 0 spiro atoms. The number of aliphatic hydroxyl groups is 2. The number of benzene rings is 1. The number of hydrogen-bond donors (Lipinski definition) is 3. The molecule has 3 N–H and O–H groups in total. The van der Waals surface area contributed by atoms with Crippen LogP contribution in [-0.2, 0) is 7.05 Å². The molecular weight excluding hydrogens is 409 g/mol. The second-order valence-corrected chi connectivity index (χ2v) is 7.21. The lowest BCUT2D eigenvalue weighted by molar-refractivity contribution is 0.110. The predicted molar refractivity (Wildman–Crippen MR) is 115 cm³/mol. The normalized spacial score (nSPS) is 14.8. The summed E-state index contributed by atoms with van der Waals surface area (Å²) in [6.07, 6.45) is 3.20. The zero-order chi connectivity index (χ0) is 20.4. The average Bonchev–Trinajstić information content (AvgIpc) is 3.29. The maximum Gasteiger partial charge on any atom is 0.209 e. The van der Waals surface area contributed by atoms with Gasteiger partial charge in [0.15, 0.2) is 17.0 Å². The van der Waals surface area contributed by atoms with Crippen molar-refractivity contribution in [1.29, 1.82) is 0 Å². The van der Waals surface area contributed by atoms with E-state index in [0.29, 0.717) is 41.2 Å². The van der Waals surface area contributed by atoms with Gasteiger partial charge in [0.25, 0.3) is 0 Å². The highest BCUT2D eigenvalue weighted by Crippen LogP contribution is 2.29. The van der Waals surface area contributed by atoms with Crippen LogP contribution in [0.2, 0.25) is 0 Å². The molecule has 0 atom stereocenters. The van der Waals surface area contributed by atoms with Crippen LogP contribution in [0.1, 0.15) is 31.5 Å². The third-order valence-electron chi connectivity index (χ3n) is 5.04. The summed E-state index contributed by atoms with van der Waals surface area (Å²) in [7, 11) is 1.79. The van der Waals surface area contributed by atoms with Crippen molar-refractivity contribution in [2.45, 2.75) is 31.3 Å². The zero-order valence-electron chi connectivity index (χ0n) is 16.5. The molecule has 7 nitrogen and oxygen atoms in total. The molecule has 30 heavy (non-hydrogen) atoms. The summed E-state index contributed by atoms with van der Waals surface area (Å²) in [6.45, 7) is 0.213. The molecule has 3 aromatic rings. The van der Waals surface area contributed by atoms with Crippen LogP contribution in [0.5, 0.6) is 0 Å². The van der Waals surface area contributed by atoms with Gasteiger partial charge >= 0.3 is 0 Å². The van der Waals surface area contributed by atoms with Gasteiger partial charge in [-0.2, -0.15) is 0 Å². The first kappa shape index (κ1) is 22.0. The molecule has 0 bridgehead atoms. The Morgan fingerprint density at radius 2 is 2.00 bits per heavy atom. The summed E-state index contributed by atoms with van der Waals surface area (Å²) in [5.74, 6) is 6.69. The van der Waals surface area contributed by atoms with Crippen LogP contribution in [0, 0.1) is 17.7 Å². The number of anilines is 1. The molecule has 0 saturated heterocycles. The van der Waals surface area contributed by atoms with Crippen molar-refractivity contribution in [3.05, 3.63) is 35.9 Å². The number of nitrogens with one attached hydrogen (secondary N) is 1. The molecule has 1 aromatic carbocycles. The number of aromatic nitrogens is 4. The fourth-order valence-electron chi connectivity index (χ4n) is 3.56. The van der Waals surface area contributed by atoms with Crippen molar-refractivity contribution < 1.29 is 14.6 Å². The number of imidazole rings is 1. The Morgan fingerprint density at radius 1 is 1.23 bits per heavy atom. The van der Waals surface area contributed by atoms with Gasteiger partial charge in [-0.15, -0.1) is 12.4 Å². The van der Waals surface area contributed by atoms with Crippen LogP contribution < -0.4 is 5.32 Å². The highest BCUT2D eigenvalue weighted by molar-refractivity contribution is 5.87. The summed E-state index contributed by atoms with van der Waals surface area (Å²) in [5.41, 5.74) is 0.662. The molecule has 0 aliphatic heterocycles. The van der Waals surface area contributed by atoms with Crippen molar-refractivity contribution in [1.82, 2.24) is 19.5 Å².